The fraction of sp³-hybridized carbons (Fsp3) is 0.755. The number of piperidine rings is 2. The standard InChI is InChI=1S/C14H23NO6.C12H18N2O4.C10H17NO4.C7H10N2O2.C4H7BrO2.C2HF3O.H2N.Na/c1-13(2,3)21-12(18)15-8-14(9-15,11(17)20-5)7-6-10(16)19-4;1-11(2,3)18-10(17)14-6-12(7-14)5-4-8(15)13-9(12)16;1-10(2,3)15-9(13)11-5-7(6-11)8(12)14-4;10-5-1-2-7(3-8-4-7)6(11)9-5;1-7-4(6)2-3-5;3-2(4,5)1-6;;/h6-9H2,1-5H3;4-7H2,1-3H3,(H,13,15,16);7H,5-6H2,1-4H3;8H,1-4H2,(H,9,10,11);2-3H2,1H3;1H;1H2;/q;;;;;;-1;+1. The summed E-state index contributed by atoms with van der Waals surface area (Å²) in [7, 11) is 5.31. The molecule has 0 atom stereocenters. The Morgan fingerprint density at radius 3 is 1.29 bits per heavy atom. The predicted octanol–water partition coefficient (Wildman–Crippen LogP) is 1.46. The SMILES string of the molecule is CC(C)(C)OC(=O)N1CC2(CCC(=O)NC2=O)C1.COC(=O)C1CN(C(=O)OC(C)(C)C)C1.COC(=O)CCBr.COC(=O)CCC1(C(=O)OC)CN(C(=O)OC(C)(C)C)C1.O=C1CCC2(CNC2)C(=O)N1.O=CC(F)(F)F.[NH2-].[Na+]. The van der Waals surface area contributed by atoms with Gasteiger partial charge >= 0.3 is 77.9 Å². The van der Waals surface area contributed by atoms with E-state index in [0.717, 1.165) is 13.1 Å². The van der Waals surface area contributed by atoms with Crippen molar-refractivity contribution >= 4 is 88.0 Å². The van der Waals surface area contributed by atoms with Gasteiger partial charge in [0, 0.05) is 77.0 Å². The molecule has 2 spiro atoms. The molecular weight excluding hydrogens is 1150 g/mol. The zero-order chi connectivity index (χ0) is 60.3. The molecule has 0 aliphatic carbocycles. The van der Waals surface area contributed by atoms with Gasteiger partial charge < -0.3 is 59.3 Å². The molecule has 0 saturated carbocycles. The summed E-state index contributed by atoms with van der Waals surface area (Å²) < 4.78 is 65.1. The second-order valence-corrected chi connectivity index (χ2v) is 22.5. The van der Waals surface area contributed by atoms with E-state index in [9.17, 15) is 65.9 Å². The minimum Gasteiger partial charge on any atom is -0.693 e. The van der Waals surface area contributed by atoms with E-state index in [-0.39, 0.29) is 115 Å². The van der Waals surface area contributed by atoms with Crippen molar-refractivity contribution in [2.75, 3.05) is 86.1 Å². The number of methoxy groups -OCH3 is 4. The third-order valence-electron chi connectivity index (χ3n) is 11.7. The molecule has 0 aromatic rings. The van der Waals surface area contributed by atoms with Crippen LogP contribution in [0, 0.1) is 22.2 Å². The third-order valence-corrected chi connectivity index (χ3v) is 12.1. The smallest absolute Gasteiger partial charge is 0.693 e. The molecule has 31 heteroatoms. The van der Waals surface area contributed by atoms with Crippen LogP contribution in [0.1, 0.15) is 107 Å². The van der Waals surface area contributed by atoms with Crippen molar-refractivity contribution in [3.05, 3.63) is 6.15 Å². The van der Waals surface area contributed by atoms with Crippen LogP contribution in [-0.2, 0) is 76.3 Å². The van der Waals surface area contributed by atoms with Crippen LogP contribution in [0.15, 0.2) is 0 Å². The molecular formula is C49H78BrF3N7NaO19. The first-order valence-corrected chi connectivity index (χ1v) is 25.6. The molecule has 452 valence electrons. The first kappa shape index (κ1) is 76.9. The predicted molar refractivity (Wildman–Crippen MR) is 275 cm³/mol. The zero-order valence-electron chi connectivity index (χ0n) is 48.2. The normalized spacial score (nSPS) is 18.0. The number of nitrogens with one attached hydrogen (secondary N) is 3. The van der Waals surface area contributed by atoms with Crippen molar-refractivity contribution in [1.29, 1.82) is 0 Å². The number of hydrogen-bond acceptors (Lipinski definition) is 20. The van der Waals surface area contributed by atoms with E-state index in [1.807, 2.05) is 20.8 Å². The van der Waals surface area contributed by atoms with Crippen LogP contribution in [0.4, 0.5) is 27.6 Å². The zero-order valence-corrected chi connectivity index (χ0v) is 51.7. The largest absolute Gasteiger partial charge is 1.00 e. The van der Waals surface area contributed by atoms with Crippen molar-refractivity contribution in [3.63, 3.8) is 0 Å². The Balaban J connectivity index is 0. The first-order valence-electron chi connectivity index (χ1n) is 24.5. The van der Waals surface area contributed by atoms with Gasteiger partial charge in [-0.15, -0.1) is 0 Å². The Bertz CT molecular complexity index is 2160. The molecule has 0 aromatic heterocycles. The Morgan fingerprint density at radius 1 is 0.613 bits per heavy atom. The molecule has 0 aromatic carbocycles. The Morgan fingerprint density at radius 2 is 0.988 bits per heavy atom. The summed E-state index contributed by atoms with van der Waals surface area (Å²) in [5, 5.41) is 8.40. The number of amides is 7. The Labute approximate surface area is 494 Å². The van der Waals surface area contributed by atoms with E-state index < -0.39 is 64.2 Å². The number of carbonyl (C=O) groups is 12. The van der Waals surface area contributed by atoms with Crippen molar-refractivity contribution in [3.8, 4) is 0 Å². The Hall–Kier alpha value is -5.17. The van der Waals surface area contributed by atoms with Gasteiger partial charge in [0.15, 0.2) is 0 Å². The quantitative estimate of drug-likeness (QED) is 0.0811. The van der Waals surface area contributed by atoms with Gasteiger partial charge in [-0.3, -0.25) is 53.8 Å². The maximum atomic E-state index is 11.9. The first-order chi connectivity index (χ1) is 35.8. The molecule has 0 unspecified atom stereocenters. The van der Waals surface area contributed by atoms with Crippen molar-refractivity contribution in [2.24, 2.45) is 22.2 Å². The van der Waals surface area contributed by atoms with Gasteiger partial charge in [0.25, 0.3) is 0 Å². The monoisotopic (exact) mass is 1230 g/mol. The summed E-state index contributed by atoms with van der Waals surface area (Å²) in [5.41, 5.74) is -3.29. The molecule has 6 heterocycles. The molecule has 26 nitrogen and oxygen atoms in total. The number of rotatable bonds is 7. The number of ether oxygens (including phenoxy) is 7. The van der Waals surface area contributed by atoms with E-state index >= 15 is 0 Å². The van der Waals surface area contributed by atoms with Crippen molar-refractivity contribution < 1.29 is 133 Å². The average molecular weight is 1230 g/mol. The minimum absolute atomic E-state index is 0. The van der Waals surface area contributed by atoms with Crippen molar-refractivity contribution in [2.45, 2.75) is 130 Å². The summed E-state index contributed by atoms with van der Waals surface area (Å²) in [5.74, 6) is -2.17. The number of likely N-dealkylation sites (tertiary alicyclic amines) is 3. The van der Waals surface area contributed by atoms with E-state index in [2.05, 4.69) is 46.1 Å². The van der Waals surface area contributed by atoms with Crippen LogP contribution in [0.25, 0.3) is 6.15 Å². The number of halogens is 4. The van der Waals surface area contributed by atoms with E-state index in [1.54, 1.807) is 41.5 Å². The maximum absolute atomic E-state index is 11.9. The van der Waals surface area contributed by atoms with E-state index in [4.69, 9.17) is 23.7 Å². The number of alkyl halides is 4. The van der Waals surface area contributed by atoms with Gasteiger partial charge in [0.1, 0.15) is 22.2 Å². The molecule has 0 radical (unpaired) electrons. The van der Waals surface area contributed by atoms with Crippen LogP contribution in [0.5, 0.6) is 0 Å². The number of esters is 4. The molecule has 6 saturated heterocycles. The van der Waals surface area contributed by atoms with E-state index in [0.29, 0.717) is 63.6 Å². The summed E-state index contributed by atoms with van der Waals surface area (Å²) in [6.07, 6.45) is -4.05. The van der Waals surface area contributed by atoms with E-state index in [1.165, 1.54) is 43.1 Å². The minimum atomic E-state index is -4.64. The number of imide groups is 2. The number of carbonyl (C=O) groups excluding carboxylic acids is 12. The molecule has 0 bridgehead atoms. The Kier molecular flexibility index (Phi) is 31.8. The number of aldehydes is 1. The summed E-state index contributed by atoms with van der Waals surface area (Å²) >= 11 is 3.09. The van der Waals surface area contributed by atoms with Crippen LogP contribution in [0.2, 0.25) is 0 Å². The number of nitrogens with two attached hydrogens (primary N) is 1. The van der Waals surface area contributed by atoms with Crippen LogP contribution >= 0.6 is 15.9 Å². The van der Waals surface area contributed by atoms with Crippen LogP contribution in [0.3, 0.4) is 0 Å². The molecule has 6 rings (SSSR count). The average Bonchev–Trinajstić information content (AvgIpc) is 3.25. The summed E-state index contributed by atoms with van der Waals surface area (Å²) in [4.78, 5) is 137. The molecule has 6 aliphatic rings. The topological polar surface area (TPSA) is 349 Å². The second kappa shape index (κ2) is 33.1. The molecule has 80 heavy (non-hydrogen) atoms. The molecule has 5 N–H and O–H groups in total. The molecule has 7 amide bonds. The number of hydrogen-bond donors (Lipinski definition) is 3. The molecule has 6 aliphatic heterocycles. The fourth-order valence-electron chi connectivity index (χ4n) is 7.42. The number of nitrogens with zero attached hydrogens (tertiary/aromatic N) is 3. The fourth-order valence-corrected chi connectivity index (χ4v) is 7.74. The summed E-state index contributed by atoms with van der Waals surface area (Å²) in [6, 6.07) is 0. The second-order valence-electron chi connectivity index (χ2n) is 21.7. The van der Waals surface area contributed by atoms with Gasteiger partial charge in [-0.05, 0) is 81.6 Å². The molecule has 6 fully saturated rings. The summed E-state index contributed by atoms with van der Waals surface area (Å²) in [6.45, 7) is 19.4. The van der Waals surface area contributed by atoms with Crippen LogP contribution < -0.4 is 45.5 Å². The van der Waals surface area contributed by atoms with Gasteiger partial charge in [-0.1, -0.05) is 15.9 Å². The maximum Gasteiger partial charge on any atom is 1.00 e. The van der Waals surface area contributed by atoms with Gasteiger partial charge in [0.05, 0.1) is 51.6 Å². The van der Waals surface area contributed by atoms with Gasteiger partial charge in [0.2, 0.25) is 29.9 Å². The third kappa shape index (κ3) is 26.2. The van der Waals surface area contributed by atoms with Gasteiger partial charge in [-0.25, -0.2) is 14.4 Å². The van der Waals surface area contributed by atoms with Crippen molar-refractivity contribution in [1.82, 2.24) is 30.7 Å². The van der Waals surface area contributed by atoms with Gasteiger partial charge in [-0.2, -0.15) is 13.2 Å². The van der Waals surface area contributed by atoms with Crippen LogP contribution in [-0.4, -0.2) is 196 Å².